The van der Waals surface area contributed by atoms with Gasteiger partial charge in [-0.25, -0.2) is 14.3 Å². The number of amides is 3. The lowest BCUT2D eigenvalue weighted by Gasteiger charge is -2.12. The highest BCUT2D eigenvalue weighted by atomic mass is 16.5. The Bertz CT molecular complexity index is 954. The van der Waals surface area contributed by atoms with Gasteiger partial charge in [0, 0.05) is 18.0 Å². The molecule has 2 aromatic rings. The maximum absolute atomic E-state index is 12.5. The van der Waals surface area contributed by atoms with E-state index in [1.807, 2.05) is 13.8 Å². The second-order valence-electron chi connectivity index (χ2n) is 6.68. The fourth-order valence-corrected chi connectivity index (χ4v) is 2.57. The SMILES string of the molecule is CCCCn1nc(C(=O)OCC(=O)NC(=O)N[C@H](C)CC)c2ccccc2c1=O. The van der Waals surface area contributed by atoms with Crippen LogP contribution in [0.2, 0.25) is 0 Å². The quantitative estimate of drug-likeness (QED) is 0.652. The molecule has 0 fully saturated rings. The number of rotatable bonds is 8. The number of aryl methyl sites for hydroxylation is 1. The van der Waals surface area contributed by atoms with Crippen LogP contribution in [0.4, 0.5) is 4.79 Å². The Labute approximate surface area is 168 Å². The Morgan fingerprint density at radius 3 is 2.52 bits per heavy atom. The standard InChI is InChI=1S/C20H26N4O5/c1-4-6-11-24-18(26)15-10-8-7-9-14(15)17(23-24)19(27)29-12-16(25)22-20(28)21-13(3)5-2/h7-10,13H,4-6,11-12H2,1-3H3,(H2,21,22,25,28)/t13-/m1/s1. The minimum Gasteiger partial charge on any atom is -0.451 e. The predicted molar refractivity (Wildman–Crippen MR) is 108 cm³/mol. The zero-order chi connectivity index (χ0) is 21.4. The molecule has 0 spiro atoms. The molecule has 156 valence electrons. The molecule has 29 heavy (non-hydrogen) atoms. The second kappa shape index (κ2) is 10.4. The summed E-state index contributed by atoms with van der Waals surface area (Å²) in [5.41, 5.74) is -0.335. The van der Waals surface area contributed by atoms with E-state index < -0.39 is 24.5 Å². The highest BCUT2D eigenvalue weighted by molar-refractivity contribution is 6.03. The molecule has 3 amide bonds. The molecule has 1 atom stereocenters. The fourth-order valence-electron chi connectivity index (χ4n) is 2.57. The number of hydrogen-bond acceptors (Lipinski definition) is 6. The molecule has 1 heterocycles. The van der Waals surface area contributed by atoms with Crippen molar-refractivity contribution in [1.29, 1.82) is 0 Å². The van der Waals surface area contributed by atoms with Gasteiger partial charge < -0.3 is 10.1 Å². The van der Waals surface area contributed by atoms with Crippen LogP contribution in [0.15, 0.2) is 29.1 Å². The first-order valence-electron chi connectivity index (χ1n) is 9.64. The molecule has 0 aliphatic rings. The summed E-state index contributed by atoms with van der Waals surface area (Å²) in [5.74, 6) is -1.60. The van der Waals surface area contributed by atoms with E-state index in [9.17, 15) is 19.2 Å². The zero-order valence-corrected chi connectivity index (χ0v) is 16.9. The number of hydrogen-bond donors (Lipinski definition) is 2. The third kappa shape index (κ3) is 5.87. The monoisotopic (exact) mass is 402 g/mol. The summed E-state index contributed by atoms with van der Waals surface area (Å²) in [6, 6.07) is 5.85. The van der Waals surface area contributed by atoms with Crippen molar-refractivity contribution in [1.82, 2.24) is 20.4 Å². The summed E-state index contributed by atoms with van der Waals surface area (Å²) in [5, 5.41) is 9.52. The van der Waals surface area contributed by atoms with E-state index in [4.69, 9.17) is 4.74 Å². The van der Waals surface area contributed by atoms with E-state index in [0.717, 1.165) is 12.8 Å². The molecule has 0 bridgehead atoms. The van der Waals surface area contributed by atoms with Crippen molar-refractivity contribution in [3.8, 4) is 0 Å². The fraction of sp³-hybridized carbons (Fsp3) is 0.450. The molecule has 0 unspecified atom stereocenters. The summed E-state index contributed by atoms with van der Waals surface area (Å²) in [6.45, 7) is 5.41. The van der Waals surface area contributed by atoms with Gasteiger partial charge >= 0.3 is 12.0 Å². The minimum atomic E-state index is -0.844. The lowest BCUT2D eigenvalue weighted by atomic mass is 10.1. The van der Waals surface area contributed by atoms with Crippen LogP contribution in [0.1, 0.15) is 50.5 Å². The van der Waals surface area contributed by atoms with Crippen molar-refractivity contribution in [2.24, 2.45) is 0 Å². The molecule has 1 aromatic heterocycles. The van der Waals surface area contributed by atoms with Crippen molar-refractivity contribution in [3.63, 3.8) is 0 Å². The normalized spacial score (nSPS) is 11.7. The van der Waals surface area contributed by atoms with Crippen LogP contribution in [0, 0.1) is 0 Å². The number of imide groups is 1. The lowest BCUT2D eigenvalue weighted by molar-refractivity contribution is -0.123. The summed E-state index contributed by atoms with van der Waals surface area (Å²) >= 11 is 0. The largest absolute Gasteiger partial charge is 0.451 e. The van der Waals surface area contributed by atoms with Crippen LogP contribution >= 0.6 is 0 Å². The van der Waals surface area contributed by atoms with Gasteiger partial charge in [0.05, 0.1) is 5.39 Å². The number of carbonyl (C=O) groups is 3. The minimum absolute atomic E-state index is 0.0480. The van der Waals surface area contributed by atoms with Crippen molar-refractivity contribution < 1.29 is 19.1 Å². The number of aromatic nitrogens is 2. The molecule has 0 aliphatic heterocycles. The molecular weight excluding hydrogens is 376 g/mol. The third-order valence-corrected chi connectivity index (χ3v) is 4.36. The predicted octanol–water partition coefficient (Wildman–Crippen LogP) is 1.98. The van der Waals surface area contributed by atoms with Crippen molar-refractivity contribution in [2.45, 2.75) is 52.6 Å². The molecule has 2 N–H and O–H groups in total. The first-order valence-corrected chi connectivity index (χ1v) is 9.64. The highest BCUT2D eigenvalue weighted by Gasteiger charge is 2.19. The first-order chi connectivity index (χ1) is 13.9. The van der Waals surface area contributed by atoms with E-state index in [1.54, 1.807) is 31.2 Å². The summed E-state index contributed by atoms with van der Waals surface area (Å²) in [4.78, 5) is 48.6. The van der Waals surface area contributed by atoms with Gasteiger partial charge in [0.15, 0.2) is 12.3 Å². The Hall–Kier alpha value is -3.23. The summed E-state index contributed by atoms with van der Waals surface area (Å²) in [6.07, 6.45) is 2.30. The van der Waals surface area contributed by atoms with Gasteiger partial charge in [0.2, 0.25) is 0 Å². The Morgan fingerprint density at radius 2 is 1.86 bits per heavy atom. The van der Waals surface area contributed by atoms with E-state index in [-0.39, 0.29) is 17.3 Å². The summed E-state index contributed by atoms with van der Waals surface area (Å²) < 4.78 is 6.26. The number of unbranched alkanes of at least 4 members (excludes halogenated alkanes) is 1. The molecule has 0 aliphatic carbocycles. The van der Waals surface area contributed by atoms with Crippen LogP contribution in [0.5, 0.6) is 0 Å². The van der Waals surface area contributed by atoms with Gasteiger partial charge in [-0.3, -0.25) is 14.9 Å². The van der Waals surface area contributed by atoms with Crippen LogP contribution in [0.3, 0.4) is 0 Å². The molecule has 9 nitrogen and oxygen atoms in total. The molecule has 2 rings (SSSR count). The molecule has 0 saturated carbocycles. The molecule has 0 radical (unpaired) electrons. The van der Waals surface area contributed by atoms with Crippen LogP contribution < -0.4 is 16.2 Å². The van der Waals surface area contributed by atoms with Crippen LogP contribution in [0.25, 0.3) is 10.8 Å². The average Bonchev–Trinajstić information content (AvgIpc) is 2.71. The molecular formula is C20H26N4O5. The second-order valence-corrected chi connectivity index (χ2v) is 6.68. The molecule has 9 heteroatoms. The molecule has 0 saturated heterocycles. The van der Waals surface area contributed by atoms with Gasteiger partial charge in [-0.1, -0.05) is 38.5 Å². The van der Waals surface area contributed by atoms with E-state index in [0.29, 0.717) is 23.7 Å². The van der Waals surface area contributed by atoms with Gasteiger partial charge in [-0.2, -0.15) is 5.10 Å². The van der Waals surface area contributed by atoms with E-state index in [1.165, 1.54) is 4.68 Å². The van der Waals surface area contributed by atoms with E-state index >= 15 is 0 Å². The number of urea groups is 1. The molecule has 1 aromatic carbocycles. The van der Waals surface area contributed by atoms with Crippen molar-refractivity contribution in [3.05, 3.63) is 40.3 Å². The number of nitrogens with one attached hydrogen (secondary N) is 2. The lowest BCUT2D eigenvalue weighted by Crippen LogP contribution is -2.44. The van der Waals surface area contributed by atoms with E-state index in [2.05, 4.69) is 15.7 Å². The third-order valence-electron chi connectivity index (χ3n) is 4.36. The topological polar surface area (TPSA) is 119 Å². The van der Waals surface area contributed by atoms with Crippen molar-refractivity contribution >= 4 is 28.7 Å². The number of fused-ring (bicyclic) bond motifs is 1. The number of ether oxygens (including phenoxy) is 1. The van der Waals surface area contributed by atoms with Gasteiger partial charge in [0.25, 0.3) is 11.5 Å². The Morgan fingerprint density at radius 1 is 1.17 bits per heavy atom. The number of nitrogens with zero attached hydrogens (tertiary/aromatic N) is 2. The number of benzene rings is 1. The first kappa shape index (κ1) is 22.1. The maximum Gasteiger partial charge on any atom is 0.359 e. The maximum atomic E-state index is 12.5. The zero-order valence-electron chi connectivity index (χ0n) is 16.9. The number of esters is 1. The Balaban J connectivity index is 2.14. The van der Waals surface area contributed by atoms with Gasteiger partial charge in [0.1, 0.15) is 0 Å². The smallest absolute Gasteiger partial charge is 0.359 e. The average molecular weight is 402 g/mol. The highest BCUT2D eigenvalue weighted by Crippen LogP contribution is 2.14. The number of carbonyl (C=O) groups excluding carboxylic acids is 3. The van der Waals surface area contributed by atoms with Crippen LogP contribution in [-0.4, -0.2) is 40.3 Å². The van der Waals surface area contributed by atoms with Crippen molar-refractivity contribution in [2.75, 3.05) is 6.61 Å². The van der Waals surface area contributed by atoms with Gasteiger partial charge in [-0.15, -0.1) is 0 Å². The van der Waals surface area contributed by atoms with Gasteiger partial charge in [-0.05, 0) is 25.8 Å². The Kier molecular flexibility index (Phi) is 7.88. The van der Waals surface area contributed by atoms with Crippen LogP contribution in [-0.2, 0) is 16.1 Å². The summed E-state index contributed by atoms with van der Waals surface area (Å²) in [7, 11) is 0.